The first-order valence-electron chi connectivity index (χ1n) is 11.5. The van der Waals surface area contributed by atoms with Gasteiger partial charge in [0.05, 0.1) is 23.6 Å². The molecule has 1 aliphatic rings. The van der Waals surface area contributed by atoms with Crippen molar-refractivity contribution in [3.8, 4) is 11.3 Å². The number of aliphatic hydroxyl groups excluding tert-OH is 1. The predicted molar refractivity (Wildman–Crippen MR) is 130 cm³/mol. The first-order chi connectivity index (χ1) is 17.1. The molecular weight excluding hydrogens is 491 g/mol. The third-order valence-corrected chi connectivity index (χ3v) is 7.58. The third kappa shape index (κ3) is 5.19. The normalized spacial score (nSPS) is 22.8. The van der Waals surface area contributed by atoms with Crippen molar-refractivity contribution in [1.29, 1.82) is 0 Å². The average molecular weight is 518 g/mol. The quantitative estimate of drug-likeness (QED) is 0.494. The van der Waals surface area contributed by atoms with Gasteiger partial charge in [-0.05, 0) is 66.5 Å². The Morgan fingerprint density at radius 1 is 1.06 bits per heavy atom. The van der Waals surface area contributed by atoms with E-state index in [1.54, 1.807) is 6.20 Å². The zero-order valence-corrected chi connectivity index (χ0v) is 20.8. The lowest BCUT2D eigenvalue weighted by Crippen LogP contribution is -2.33. The minimum Gasteiger partial charge on any atom is -0.393 e. The Hall–Kier alpha value is -3.11. The number of nitrogens with zero attached hydrogens (tertiary/aromatic N) is 2. The molecule has 3 unspecified atom stereocenters. The number of rotatable bonds is 5. The van der Waals surface area contributed by atoms with Crippen LogP contribution < -0.4 is 5.32 Å². The highest BCUT2D eigenvalue weighted by Crippen LogP contribution is 2.41. The molecule has 0 bridgehead atoms. The van der Waals surface area contributed by atoms with Gasteiger partial charge in [0.2, 0.25) is 0 Å². The molecule has 2 N–H and O–H groups in total. The van der Waals surface area contributed by atoms with Crippen molar-refractivity contribution in [1.82, 2.24) is 9.97 Å². The van der Waals surface area contributed by atoms with Gasteiger partial charge in [-0.2, -0.15) is 0 Å². The van der Waals surface area contributed by atoms with Crippen LogP contribution in [0.15, 0.2) is 47.6 Å². The van der Waals surface area contributed by atoms with E-state index in [1.807, 2.05) is 19.9 Å². The van der Waals surface area contributed by atoms with Gasteiger partial charge in [0.25, 0.3) is 5.91 Å². The van der Waals surface area contributed by atoms with Crippen LogP contribution in [0.4, 0.5) is 18.9 Å². The van der Waals surface area contributed by atoms with E-state index in [9.17, 15) is 27.3 Å². The number of hydrogen-bond acceptors (Lipinski definition) is 5. The van der Waals surface area contributed by atoms with Crippen LogP contribution in [0, 0.1) is 29.3 Å². The number of hydrogen-bond donors (Lipinski definition) is 2. The highest BCUT2D eigenvalue weighted by molar-refractivity contribution is 7.84. The first kappa shape index (κ1) is 26.0. The fourth-order valence-electron chi connectivity index (χ4n) is 4.83. The smallest absolute Gasteiger partial charge is 0.274 e. The van der Waals surface area contributed by atoms with Crippen molar-refractivity contribution < 1.29 is 27.3 Å². The first-order valence-corrected chi connectivity index (χ1v) is 13.0. The number of carbonyl (C=O) groups excluding carboxylic acids is 1. The maximum Gasteiger partial charge on any atom is 0.274 e. The zero-order chi connectivity index (χ0) is 26.1. The molecule has 1 aromatic carbocycles. The van der Waals surface area contributed by atoms with Crippen molar-refractivity contribution in [2.75, 3.05) is 11.6 Å². The number of anilines is 1. The maximum absolute atomic E-state index is 14.7. The minimum atomic E-state index is -1.64. The number of aliphatic hydroxyl groups is 1. The van der Waals surface area contributed by atoms with Gasteiger partial charge in [-0.3, -0.25) is 14.0 Å². The molecule has 1 fully saturated rings. The van der Waals surface area contributed by atoms with Crippen LogP contribution in [-0.2, 0) is 10.8 Å². The largest absolute Gasteiger partial charge is 0.393 e. The Balaban J connectivity index is 1.64. The SMILES string of the molecule is CC1CC(c2ccncc2NC(=O)c2ccc(F)c(-c3c(F)cc(S(C)=O)cc3F)n2)CC(C)C1O. The fraction of sp³-hybridized carbons (Fsp3) is 0.346. The number of nitrogens with one attached hydrogen (secondary N) is 1. The lowest BCUT2D eigenvalue weighted by Gasteiger charge is -2.36. The fourth-order valence-corrected chi connectivity index (χ4v) is 5.36. The summed E-state index contributed by atoms with van der Waals surface area (Å²) in [6, 6.07) is 5.56. The Morgan fingerprint density at radius 3 is 2.31 bits per heavy atom. The molecule has 3 atom stereocenters. The van der Waals surface area contributed by atoms with Crippen LogP contribution in [0.25, 0.3) is 11.3 Å². The summed E-state index contributed by atoms with van der Waals surface area (Å²) in [6.07, 6.45) is 5.46. The molecular formula is C26H26F3N3O3S. The molecule has 10 heteroatoms. The molecule has 190 valence electrons. The lowest BCUT2D eigenvalue weighted by atomic mass is 9.72. The van der Waals surface area contributed by atoms with E-state index < -0.39 is 51.5 Å². The molecule has 0 aliphatic heterocycles. The average Bonchev–Trinajstić information content (AvgIpc) is 2.83. The minimum absolute atomic E-state index is 0.0816. The van der Waals surface area contributed by atoms with Gasteiger partial charge in [-0.25, -0.2) is 18.2 Å². The van der Waals surface area contributed by atoms with E-state index in [4.69, 9.17) is 0 Å². The van der Waals surface area contributed by atoms with E-state index in [2.05, 4.69) is 15.3 Å². The van der Waals surface area contributed by atoms with E-state index >= 15 is 0 Å². The van der Waals surface area contributed by atoms with E-state index in [-0.39, 0.29) is 28.3 Å². The lowest BCUT2D eigenvalue weighted by molar-refractivity contribution is 0.0252. The number of benzene rings is 1. The molecule has 2 aromatic heterocycles. The van der Waals surface area contributed by atoms with Gasteiger partial charge in [0, 0.05) is 28.1 Å². The number of aromatic nitrogens is 2. The summed E-state index contributed by atoms with van der Waals surface area (Å²) >= 11 is 0. The highest BCUT2D eigenvalue weighted by atomic mass is 32.2. The predicted octanol–water partition coefficient (Wildman–Crippen LogP) is 5.06. The Morgan fingerprint density at radius 2 is 1.69 bits per heavy atom. The monoisotopic (exact) mass is 517 g/mol. The number of carbonyl (C=O) groups is 1. The maximum atomic E-state index is 14.7. The molecule has 3 aromatic rings. The molecule has 0 radical (unpaired) electrons. The summed E-state index contributed by atoms with van der Waals surface area (Å²) in [6.45, 7) is 3.97. The van der Waals surface area contributed by atoms with Gasteiger partial charge in [0.15, 0.2) is 0 Å². The summed E-state index contributed by atoms with van der Waals surface area (Å²) < 4.78 is 55.5. The van der Waals surface area contributed by atoms with Crippen LogP contribution >= 0.6 is 0 Å². The van der Waals surface area contributed by atoms with E-state index in [1.165, 1.54) is 12.5 Å². The molecule has 0 saturated heterocycles. The van der Waals surface area contributed by atoms with Gasteiger partial charge >= 0.3 is 0 Å². The standard InChI is InChI=1S/C26H26F3N3O3S/c1-13-8-15(9-14(2)25(13)33)17-6-7-30-12-22(17)32-26(34)21-5-4-18(27)24(31-21)23-19(28)10-16(36(3)35)11-20(23)29/h4-7,10-15,25,33H,8-9H2,1-3H3,(H,32,34). The molecule has 1 amide bonds. The summed E-state index contributed by atoms with van der Waals surface area (Å²) in [5.74, 6) is -3.74. The Labute approximate surface area is 209 Å². The second kappa shape index (κ2) is 10.5. The zero-order valence-electron chi connectivity index (χ0n) is 20.0. The topological polar surface area (TPSA) is 92.2 Å². The van der Waals surface area contributed by atoms with Gasteiger partial charge in [0.1, 0.15) is 28.8 Å². The van der Waals surface area contributed by atoms with Crippen molar-refractivity contribution in [3.05, 3.63) is 71.4 Å². The van der Waals surface area contributed by atoms with Gasteiger partial charge < -0.3 is 10.4 Å². The molecule has 6 nitrogen and oxygen atoms in total. The molecule has 36 heavy (non-hydrogen) atoms. The summed E-state index contributed by atoms with van der Waals surface area (Å²) in [7, 11) is -1.64. The highest BCUT2D eigenvalue weighted by Gasteiger charge is 2.33. The van der Waals surface area contributed by atoms with Crippen LogP contribution in [0.2, 0.25) is 0 Å². The molecule has 1 saturated carbocycles. The molecule has 4 rings (SSSR count). The van der Waals surface area contributed by atoms with Crippen LogP contribution in [0.5, 0.6) is 0 Å². The van der Waals surface area contributed by atoms with Gasteiger partial charge in [-0.15, -0.1) is 0 Å². The Bertz CT molecular complexity index is 1300. The number of amides is 1. The van der Waals surface area contributed by atoms with E-state index in [0.29, 0.717) is 5.69 Å². The van der Waals surface area contributed by atoms with Crippen LogP contribution in [0.3, 0.4) is 0 Å². The summed E-state index contributed by atoms with van der Waals surface area (Å²) in [5.41, 5.74) is -0.359. The summed E-state index contributed by atoms with van der Waals surface area (Å²) in [5, 5.41) is 13.0. The van der Waals surface area contributed by atoms with Gasteiger partial charge in [-0.1, -0.05) is 13.8 Å². The van der Waals surface area contributed by atoms with E-state index in [0.717, 1.165) is 42.7 Å². The summed E-state index contributed by atoms with van der Waals surface area (Å²) in [4.78, 5) is 21.0. The van der Waals surface area contributed by atoms with Crippen molar-refractivity contribution in [2.45, 2.75) is 43.6 Å². The van der Waals surface area contributed by atoms with Crippen LogP contribution in [-0.4, -0.2) is 37.6 Å². The van der Waals surface area contributed by atoms with Crippen molar-refractivity contribution in [3.63, 3.8) is 0 Å². The van der Waals surface area contributed by atoms with Crippen molar-refractivity contribution in [2.24, 2.45) is 11.8 Å². The Kier molecular flexibility index (Phi) is 7.56. The third-order valence-electron chi connectivity index (χ3n) is 6.68. The molecule has 2 heterocycles. The second-order valence-corrected chi connectivity index (χ2v) is 10.7. The number of pyridine rings is 2. The number of halogens is 3. The molecule has 0 spiro atoms. The van der Waals surface area contributed by atoms with Crippen LogP contribution in [0.1, 0.15) is 48.7 Å². The molecule has 1 aliphatic carbocycles. The van der Waals surface area contributed by atoms with Crippen molar-refractivity contribution >= 4 is 22.4 Å². The second-order valence-electron chi connectivity index (χ2n) is 9.27.